The Hall–Kier alpha value is -3.51. The maximum Gasteiger partial charge on any atom is 0.228 e. The van der Waals surface area contributed by atoms with Crippen molar-refractivity contribution in [1.82, 2.24) is 4.90 Å². The zero-order valence-corrected chi connectivity index (χ0v) is 19.1. The number of benzene rings is 3. The first-order valence-corrected chi connectivity index (χ1v) is 11.2. The molecule has 6 nitrogen and oxygen atoms in total. The second kappa shape index (κ2) is 10.4. The van der Waals surface area contributed by atoms with Crippen LogP contribution in [0.25, 0.3) is 11.1 Å². The number of methoxy groups -OCH3 is 2. The Bertz CT molecular complexity index is 1100. The fourth-order valence-electron chi connectivity index (χ4n) is 4.39. The van der Waals surface area contributed by atoms with Crippen molar-refractivity contribution in [3.63, 3.8) is 0 Å². The van der Waals surface area contributed by atoms with E-state index in [9.17, 15) is 9.90 Å². The lowest BCUT2D eigenvalue weighted by Crippen LogP contribution is -2.40. The Morgan fingerprint density at radius 2 is 1.82 bits per heavy atom. The second-order valence-electron chi connectivity index (χ2n) is 8.30. The number of hydrogen-bond donors (Lipinski definition) is 2. The molecule has 0 unspecified atom stereocenters. The zero-order chi connectivity index (χ0) is 23.2. The summed E-state index contributed by atoms with van der Waals surface area (Å²) in [5.41, 5.74) is 3.54. The molecule has 1 aliphatic rings. The Kier molecular flexibility index (Phi) is 7.15. The third-order valence-corrected chi connectivity index (χ3v) is 6.17. The molecule has 0 aromatic heterocycles. The van der Waals surface area contributed by atoms with Gasteiger partial charge in [0.1, 0.15) is 17.2 Å². The van der Waals surface area contributed by atoms with E-state index in [0.717, 1.165) is 47.5 Å². The first-order valence-electron chi connectivity index (χ1n) is 11.2. The molecule has 0 radical (unpaired) electrons. The van der Waals surface area contributed by atoms with Gasteiger partial charge in [0.25, 0.3) is 0 Å². The molecule has 0 saturated carbocycles. The van der Waals surface area contributed by atoms with Gasteiger partial charge in [-0.3, -0.25) is 9.69 Å². The van der Waals surface area contributed by atoms with E-state index < -0.39 is 0 Å². The lowest BCUT2D eigenvalue weighted by Gasteiger charge is -2.32. The number of nitrogens with one attached hydrogen (secondary N) is 1. The number of aromatic hydroxyl groups is 1. The first kappa shape index (κ1) is 22.7. The lowest BCUT2D eigenvalue weighted by atomic mass is 9.95. The molecule has 0 spiro atoms. The van der Waals surface area contributed by atoms with Gasteiger partial charge >= 0.3 is 0 Å². The average Bonchev–Trinajstić information content (AvgIpc) is 2.86. The van der Waals surface area contributed by atoms with Gasteiger partial charge in [-0.2, -0.15) is 0 Å². The van der Waals surface area contributed by atoms with Crippen LogP contribution in [0.4, 0.5) is 5.69 Å². The van der Waals surface area contributed by atoms with Gasteiger partial charge in [-0.05, 0) is 55.3 Å². The number of ether oxygens (including phenoxy) is 2. The van der Waals surface area contributed by atoms with Crippen LogP contribution in [-0.2, 0) is 11.3 Å². The molecule has 2 N–H and O–H groups in total. The molecule has 4 rings (SSSR count). The summed E-state index contributed by atoms with van der Waals surface area (Å²) in [6.07, 6.45) is 1.76. The highest BCUT2D eigenvalue weighted by Crippen LogP contribution is 2.32. The smallest absolute Gasteiger partial charge is 0.228 e. The number of phenolic OH excluding ortho intramolecular Hbond substituents is 1. The highest BCUT2D eigenvalue weighted by Gasteiger charge is 2.27. The van der Waals surface area contributed by atoms with Crippen molar-refractivity contribution in [2.24, 2.45) is 5.92 Å². The van der Waals surface area contributed by atoms with E-state index in [4.69, 9.17) is 9.47 Å². The predicted octanol–water partition coefficient (Wildman–Crippen LogP) is 4.93. The van der Waals surface area contributed by atoms with Gasteiger partial charge in [0, 0.05) is 29.9 Å². The maximum absolute atomic E-state index is 13.2. The van der Waals surface area contributed by atoms with Crippen molar-refractivity contribution in [3.8, 4) is 28.4 Å². The summed E-state index contributed by atoms with van der Waals surface area (Å²) in [4.78, 5) is 15.4. The Balaban J connectivity index is 1.46. The molecule has 0 aliphatic carbocycles. The van der Waals surface area contributed by atoms with E-state index in [0.29, 0.717) is 18.8 Å². The van der Waals surface area contributed by atoms with Crippen molar-refractivity contribution in [2.75, 3.05) is 32.6 Å². The van der Waals surface area contributed by atoms with E-state index in [2.05, 4.69) is 10.2 Å². The summed E-state index contributed by atoms with van der Waals surface area (Å²) in [5, 5.41) is 13.5. The molecule has 1 amide bonds. The van der Waals surface area contributed by atoms with Crippen LogP contribution in [0.3, 0.4) is 0 Å². The van der Waals surface area contributed by atoms with Crippen molar-refractivity contribution < 1.29 is 19.4 Å². The summed E-state index contributed by atoms with van der Waals surface area (Å²) in [7, 11) is 3.25. The number of para-hydroxylation sites is 1. The quantitative estimate of drug-likeness (QED) is 0.539. The highest BCUT2D eigenvalue weighted by molar-refractivity contribution is 5.97. The van der Waals surface area contributed by atoms with E-state index in [1.807, 2.05) is 54.6 Å². The van der Waals surface area contributed by atoms with E-state index in [1.54, 1.807) is 26.4 Å². The van der Waals surface area contributed by atoms with Gasteiger partial charge in [-0.15, -0.1) is 0 Å². The molecule has 6 heteroatoms. The summed E-state index contributed by atoms with van der Waals surface area (Å²) < 4.78 is 10.7. The number of likely N-dealkylation sites (tertiary alicyclic amines) is 1. The van der Waals surface area contributed by atoms with Gasteiger partial charge in [0.2, 0.25) is 5.91 Å². The molecule has 172 valence electrons. The maximum atomic E-state index is 13.2. The van der Waals surface area contributed by atoms with E-state index >= 15 is 0 Å². The summed E-state index contributed by atoms with van der Waals surface area (Å²) >= 11 is 0. The third kappa shape index (κ3) is 5.29. The van der Waals surface area contributed by atoms with Gasteiger partial charge in [0.05, 0.1) is 20.1 Å². The van der Waals surface area contributed by atoms with Gasteiger partial charge in [-0.1, -0.05) is 36.4 Å². The van der Waals surface area contributed by atoms with Crippen LogP contribution in [0.1, 0.15) is 18.4 Å². The molecule has 1 heterocycles. The van der Waals surface area contributed by atoms with Crippen LogP contribution in [0, 0.1) is 5.92 Å². The molecule has 1 saturated heterocycles. The second-order valence-corrected chi connectivity index (χ2v) is 8.30. The lowest BCUT2D eigenvalue weighted by molar-refractivity contribution is -0.121. The van der Waals surface area contributed by atoms with Gasteiger partial charge in [0.15, 0.2) is 0 Å². The molecule has 3 aromatic rings. The van der Waals surface area contributed by atoms with Crippen LogP contribution in [-0.4, -0.2) is 43.2 Å². The Labute approximate surface area is 194 Å². The number of nitrogens with zero attached hydrogens (tertiary/aromatic N) is 1. The molecule has 33 heavy (non-hydrogen) atoms. The topological polar surface area (TPSA) is 71.0 Å². The van der Waals surface area contributed by atoms with Gasteiger partial charge in [-0.25, -0.2) is 0 Å². The number of phenols is 1. The fourth-order valence-corrected chi connectivity index (χ4v) is 4.39. The fraction of sp³-hybridized carbons (Fsp3) is 0.296. The van der Waals surface area contributed by atoms with Crippen molar-refractivity contribution in [3.05, 3.63) is 72.3 Å². The first-order chi connectivity index (χ1) is 16.1. The van der Waals surface area contributed by atoms with E-state index in [1.165, 1.54) is 0 Å². The van der Waals surface area contributed by atoms with Crippen LogP contribution in [0.2, 0.25) is 0 Å². The number of rotatable bonds is 7. The number of hydrogen-bond acceptors (Lipinski definition) is 5. The van der Waals surface area contributed by atoms with Crippen LogP contribution >= 0.6 is 0 Å². The van der Waals surface area contributed by atoms with Crippen molar-refractivity contribution in [1.29, 1.82) is 0 Å². The molecular weight excluding hydrogens is 416 g/mol. The largest absolute Gasteiger partial charge is 0.507 e. The SMILES string of the molecule is COc1ccc(-c2ccccc2NC(=O)[C@@H]2CCCN(Cc3c(O)cccc3OC)C2)cc1. The minimum atomic E-state index is -0.125. The standard InChI is InChI=1S/C27H30N2O4/c1-32-21-14-12-19(13-15-21)22-8-3-4-9-24(22)28-27(31)20-7-6-16-29(17-20)18-23-25(30)10-5-11-26(23)33-2/h3-5,8-15,20,30H,6-7,16-18H2,1-2H3,(H,28,31)/t20-/m1/s1. The molecule has 3 aromatic carbocycles. The van der Waals surface area contributed by atoms with Crippen LogP contribution in [0.5, 0.6) is 17.2 Å². The number of piperidine rings is 1. The Morgan fingerprint density at radius 3 is 2.58 bits per heavy atom. The molecule has 0 bridgehead atoms. The minimum absolute atomic E-state index is 0.0184. The third-order valence-electron chi connectivity index (χ3n) is 6.17. The summed E-state index contributed by atoms with van der Waals surface area (Å²) in [6.45, 7) is 2.06. The van der Waals surface area contributed by atoms with Crippen LogP contribution in [0.15, 0.2) is 66.7 Å². The molecular formula is C27H30N2O4. The number of carbonyl (C=O) groups is 1. The minimum Gasteiger partial charge on any atom is -0.507 e. The normalized spacial score (nSPS) is 16.2. The molecule has 1 aliphatic heterocycles. The van der Waals surface area contributed by atoms with Gasteiger partial charge < -0.3 is 19.9 Å². The Morgan fingerprint density at radius 1 is 1.03 bits per heavy atom. The van der Waals surface area contributed by atoms with Crippen LogP contribution < -0.4 is 14.8 Å². The summed E-state index contributed by atoms with van der Waals surface area (Å²) in [6, 6.07) is 20.9. The zero-order valence-electron chi connectivity index (χ0n) is 19.1. The molecule has 1 atom stereocenters. The number of amides is 1. The van der Waals surface area contributed by atoms with E-state index in [-0.39, 0.29) is 17.6 Å². The molecule has 1 fully saturated rings. The number of carbonyl (C=O) groups excluding carboxylic acids is 1. The average molecular weight is 447 g/mol. The predicted molar refractivity (Wildman–Crippen MR) is 130 cm³/mol. The summed E-state index contributed by atoms with van der Waals surface area (Å²) in [5.74, 6) is 1.57. The van der Waals surface area contributed by atoms with Crippen molar-refractivity contribution >= 4 is 11.6 Å². The highest BCUT2D eigenvalue weighted by atomic mass is 16.5. The van der Waals surface area contributed by atoms with Crippen molar-refractivity contribution in [2.45, 2.75) is 19.4 Å². The monoisotopic (exact) mass is 446 g/mol. The number of anilines is 1.